The molecule has 0 fully saturated rings. The SMILES string of the molecule is C/C=C(/C)c1ccc(C(C)C)cc1OC. The van der Waals surface area contributed by atoms with E-state index in [0.29, 0.717) is 5.92 Å². The molecule has 0 bridgehead atoms. The van der Waals surface area contributed by atoms with Gasteiger partial charge in [-0.05, 0) is 37.0 Å². The molecule has 1 aromatic rings. The molecule has 0 saturated carbocycles. The highest BCUT2D eigenvalue weighted by Crippen LogP contribution is 2.29. The average Bonchev–Trinajstić information content (AvgIpc) is 2.27. The lowest BCUT2D eigenvalue weighted by atomic mass is 9.98. The van der Waals surface area contributed by atoms with Gasteiger partial charge in [0.25, 0.3) is 0 Å². The second-order valence-electron chi connectivity index (χ2n) is 4.09. The minimum atomic E-state index is 0.541. The summed E-state index contributed by atoms with van der Waals surface area (Å²) in [7, 11) is 1.73. The largest absolute Gasteiger partial charge is 0.496 e. The highest BCUT2D eigenvalue weighted by atomic mass is 16.5. The number of methoxy groups -OCH3 is 1. The molecule has 1 rings (SSSR count). The lowest BCUT2D eigenvalue weighted by molar-refractivity contribution is 0.412. The number of ether oxygens (including phenoxy) is 1. The molecule has 0 aromatic heterocycles. The van der Waals surface area contributed by atoms with Crippen LogP contribution in [0.3, 0.4) is 0 Å². The Labute approximate surface area is 92.8 Å². The Morgan fingerprint density at radius 3 is 2.47 bits per heavy atom. The van der Waals surface area contributed by atoms with Crippen LogP contribution in [0.2, 0.25) is 0 Å². The molecule has 0 heterocycles. The predicted octanol–water partition coefficient (Wildman–Crippen LogP) is 4.24. The normalized spacial score (nSPS) is 12.0. The maximum absolute atomic E-state index is 5.42. The first-order chi connectivity index (χ1) is 7.10. The molecule has 0 aliphatic rings. The van der Waals surface area contributed by atoms with Crippen LogP contribution in [-0.2, 0) is 0 Å². The third kappa shape index (κ3) is 2.62. The van der Waals surface area contributed by atoms with E-state index in [1.54, 1.807) is 7.11 Å². The zero-order chi connectivity index (χ0) is 11.4. The van der Waals surface area contributed by atoms with Crippen molar-refractivity contribution in [1.29, 1.82) is 0 Å². The van der Waals surface area contributed by atoms with Crippen LogP contribution in [0.4, 0.5) is 0 Å². The number of rotatable bonds is 3. The van der Waals surface area contributed by atoms with Gasteiger partial charge in [0, 0.05) is 5.56 Å². The van der Waals surface area contributed by atoms with E-state index < -0.39 is 0 Å². The first-order valence-corrected chi connectivity index (χ1v) is 5.41. The minimum Gasteiger partial charge on any atom is -0.496 e. The van der Waals surface area contributed by atoms with Crippen molar-refractivity contribution in [1.82, 2.24) is 0 Å². The molecule has 0 aliphatic carbocycles. The summed E-state index contributed by atoms with van der Waals surface area (Å²) in [6.07, 6.45) is 2.10. The predicted molar refractivity (Wildman–Crippen MR) is 66.4 cm³/mol. The zero-order valence-corrected chi connectivity index (χ0v) is 10.3. The molecule has 0 atom stereocenters. The fraction of sp³-hybridized carbons (Fsp3) is 0.429. The smallest absolute Gasteiger partial charge is 0.126 e. The maximum Gasteiger partial charge on any atom is 0.126 e. The van der Waals surface area contributed by atoms with Crippen molar-refractivity contribution in [2.24, 2.45) is 0 Å². The van der Waals surface area contributed by atoms with Gasteiger partial charge in [0.15, 0.2) is 0 Å². The maximum atomic E-state index is 5.42. The van der Waals surface area contributed by atoms with E-state index >= 15 is 0 Å². The first-order valence-electron chi connectivity index (χ1n) is 5.41. The number of allylic oxidation sites excluding steroid dienone is 2. The summed E-state index contributed by atoms with van der Waals surface area (Å²) in [4.78, 5) is 0. The average molecular weight is 204 g/mol. The molecule has 1 nitrogen and oxygen atoms in total. The number of hydrogen-bond donors (Lipinski definition) is 0. The van der Waals surface area contributed by atoms with E-state index in [9.17, 15) is 0 Å². The molecule has 0 unspecified atom stereocenters. The zero-order valence-electron chi connectivity index (χ0n) is 10.3. The highest BCUT2D eigenvalue weighted by molar-refractivity contribution is 5.69. The van der Waals surface area contributed by atoms with E-state index in [1.165, 1.54) is 16.7 Å². The topological polar surface area (TPSA) is 9.23 Å². The van der Waals surface area contributed by atoms with Gasteiger partial charge in [0.2, 0.25) is 0 Å². The summed E-state index contributed by atoms with van der Waals surface area (Å²) in [5, 5.41) is 0. The number of hydrogen-bond acceptors (Lipinski definition) is 1. The third-order valence-electron chi connectivity index (χ3n) is 2.75. The molecule has 15 heavy (non-hydrogen) atoms. The van der Waals surface area contributed by atoms with Crippen molar-refractivity contribution in [2.45, 2.75) is 33.6 Å². The summed E-state index contributed by atoms with van der Waals surface area (Å²) in [5.41, 5.74) is 3.76. The van der Waals surface area contributed by atoms with Crippen LogP contribution in [0, 0.1) is 0 Å². The molecule has 0 amide bonds. The molecular formula is C14H20O. The van der Waals surface area contributed by atoms with Crippen molar-refractivity contribution in [3.8, 4) is 5.75 Å². The van der Waals surface area contributed by atoms with Crippen LogP contribution >= 0.6 is 0 Å². The van der Waals surface area contributed by atoms with Gasteiger partial charge in [0.05, 0.1) is 7.11 Å². The van der Waals surface area contributed by atoms with Gasteiger partial charge in [-0.15, -0.1) is 0 Å². The van der Waals surface area contributed by atoms with Crippen molar-refractivity contribution >= 4 is 5.57 Å². The summed E-state index contributed by atoms with van der Waals surface area (Å²) in [6, 6.07) is 6.45. The summed E-state index contributed by atoms with van der Waals surface area (Å²) in [6.45, 7) is 8.53. The third-order valence-corrected chi connectivity index (χ3v) is 2.75. The molecular weight excluding hydrogens is 184 g/mol. The van der Waals surface area contributed by atoms with Gasteiger partial charge in [-0.2, -0.15) is 0 Å². The Morgan fingerprint density at radius 2 is 2.00 bits per heavy atom. The molecule has 0 N–H and O–H groups in total. The van der Waals surface area contributed by atoms with Gasteiger partial charge in [0.1, 0.15) is 5.75 Å². The first kappa shape index (κ1) is 11.8. The van der Waals surface area contributed by atoms with E-state index in [-0.39, 0.29) is 0 Å². The van der Waals surface area contributed by atoms with Crippen LogP contribution < -0.4 is 4.74 Å². The van der Waals surface area contributed by atoms with Gasteiger partial charge in [-0.3, -0.25) is 0 Å². The Kier molecular flexibility index (Phi) is 3.96. The van der Waals surface area contributed by atoms with Crippen LogP contribution in [0.15, 0.2) is 24.3 Å². The van der Waals surface area contributed by atoms with Crippen molar-refractivity contribution < 1.29 is 4.74 Å². The second kappa shape index (κ2) is 5.01. The Hall–Kier alpha value is -1.24. The Morgan fingerprint density at radius 1 is 1.33 bits per heavy atom. The Bertz CT molecular complexity index is 362. The molecule has 1 heteroatoms. The van der Waals surface area contributed by atoms with E-state index in [1.807, 2.05) is 6.92 Å². The van der Waals surface area contributed by atoms with Gasteiger partial charge in [-0.25, -0.2) is 0 Å². The summed E-state index contributed by atoms with van der Waals surface area (Å²) < 4.78 is 5.42. The number of benzene rings is 1. The highest BCUT2D eigenvalue weighted by Gasteiger charge is 2.07. The molecule has 1 aromatic carbocycles. The lowest BCUT2D eigenvalue weighted by Crippen LogP contribution is -1.94. The van der Waals surface area contributed by atoms with Crippen molar-refractivity contribution in [3.05, 3.63) is 35.4 Å². The van der Waals surface area contributed by atoms with Crippen LogP contribution in [-0.4, -0.2) is 7.11 Å². The molecule has 0 saturated heterocycles. The quantitative estimate of drug-likeness (QED) is 0.715. The fourth-order valence-electron chi connectivity index (χ4n) is 1.55. The molecule has 0 radical (unpaired) electrons. The lowest BCUT2D eigenvalue weighted by Gasteiger charge is -2.12. The van der Waals surface area contributed by atoms with E-state index in [2.05, 4.69) is 45.0 Å². The Balaban J connectivity index is 3.21. The minimum absolute atomic E-state index is 0.541. The van der Waals surface area contributed by atoms with E-state index in [4.69, 9.17) is 4.74 Å². The van der Waals surface area contributed by atoms with Gasteiger partial charge in [-0.1, -0.05) is 32.1 Å². The molecule has 0 aliphatic heterocycles. The molecule has 0 spiro atoms. The van der Waals surface area contributed by atoms with Gasteiger partial charge >= 0.3 is 0 Å². The van der Waals surface area contributed by atoms with E-state index in [0.717, 1.165) is 5.75 Å². The molecule has 82 valence electrons. The van der Waals surface area contributed by atoms with Crippen molar-refractivity contribution in [2.75, 3.05) is 7.11 Å². The second-order valence-corrected chi connectivity index (χ2v) is 4.09. The van der Waals surface area contributed by atoms with Gasteiger partial charge < -0.3 is 4.74 Å². The summed E-state index contributed by atoms with van der Waals surface area (Å²) >= 11 is 0. The fourth-order valence-corrected chi connectivity index (χ4v) is 1.55. The summed E-state index contributed by atoms with van der Waals surface area (Å²) in [5.74, 6) is 1.51. The standard InChI is InChI=1S/C14H20O/c1-6-11(4)13-8-7-12(10(2)3)9-14(13)15-5/h6-10H,1-5H3/b11-6-. The van der Waals surface area contributed by atoms with Crippen LogP contribution in [0.5, 0.6) is 5.75 Å². The van der Waals surface area contributed by atoms with Crippen molar-refractivity contribution in [3.63, 3.8) is 0 Å². The van der Waals surface area contributed by atoms with Crippen LogP contribution in [0.25, 0.3) is 5.57 Å². The van der Waals surface area contributed by atoms with Crippen LogP contribution in [0.1, 0.15) is 44.7 Å². The monoisotopic (exact) mass is 204 g/mol.